The summed E-state index contributed by atoms with van der Waals surface area (Å²) in [5, 5.41) is 5.81. The van der Waals surface area contributed by atoms with Crippen LogP contribution in [-0.4, -0.2) is 4.98 Å². The highest BCUT2D eigenvalue weighted by atomic mass is 35.5. The molecule has 0 aliphatic carbocycles. The molecule has 0 fully saturated rings. The van der Waals surface area contributed by atoms with Crippen molar-refractivity contribution in [3.63, 3.8) is 0 Å². The highest BCUT2D eigenvalue weighted by Gasteiger charge is 2.07. The zero-order valence-electron chi connectivity index (χ0n) is 9.45. The first-order valence-corrected chi connectivity index (χ1v) is 7.35. The second-order valence-electron chi connectivity index (χ2n) is 3.88. The van der Waals surface area contributed by atoms with E-state index in [4.69, 9.17) is 34.8 Å². The lowest BCUT2D eigenvalue weighted by Crippen LogP contribution is -1.89. The summed E-state index contributed by atoms with van der Waals surface area (Å²) >= 11 is 19.4. The zero-order chi connectivity index (χ0) is 13.4. The molecule has 1 N–H and O–H groups in total. The molecule has 0 saturated heterocycles. The van der Waals surface area contributed by atoms with E-state index in [1.807, 2.05) is 24.3 Å². The number of thiazole rings is 1. The summed E-state index contributed by atoms with van der Waals surface area (Å²) in [5.74, 6) is 0. The predicted octanol–water partition coefficient (Wildman–Crippen LogP) is 6.00. The van der Waals surface area contributed by atoms with E-state index in [2.05, 4.69) is 10.3 Å². The zero-order valence-corrected chi connectivity index (χ0v) is 12.5. The van der Waals surface area contributed by atoms with Crippen LogP contribution >= 0.6 is 46.1 Å². The Morgan fingerprint density at radius 2 is 1.68 bits per heavy atom. The summed E-state index contributed by atoms with van der Waals surface area (Å²) in [6, 6.07) is 10.9. The molecule has 0 unspecified atom stereocenters. The van der Waals surface area contributed by atoms with E-state index in [-0.39, 0.29) is 0 Å². The van der Waals surface area contributed by atoms with Gasteiger partial charge in [-0.1, -0.05) is 46.1 Å². The molecule has 0 atom stereocenters. The first-order valence-electron chi connectivity index (χ1n) is 5.40. The molecule has 6 heteroatoms. The Labute approximate surface area is 128 Å². The molecule has 0 bridgehead atoms. The van der Waals surface area contributed by atoms with Gasteiger partial charge in [-0.25, -0.2) is 4.98 Å². The molecule has 0 spiro atoms. The smallest absolute Gasteiger partial charge is 0.188 e. The average Bonchev–Trinajstić information content (AvgIpc) is 2.74. The Morgan fingerprint density at radius 1 is 0.947 bits per heavy atom. The van der Waals surface area contributed by atoms with E-state index in [0.29, 0.717) is 15.1 Å². The van der Waals surface area contributed by atoms with Crippen LogP contribution in [0.2, 0.25) is 15.1 Å². The topological polar surface area (TPSA) is 24.9 Å². The van der Waals surface area contributed by atoms with Crippen LogP contribution in [-0.2, 0) is 0 Å². The van der Waals surface area contributed by atoms with Gasteiger partial charge in [0.15, 0.2) is 5.13 Å². The molecule has 0 aliphatic heterocycles. The quantitative estimate of drug-likeness (QED) is 0.623. The highest BCUT2D eigenvalue weighted by molar-refractivity contribution is 7.22. The van der Waals surface area contributed by atoms with Crippen molar-refractivity contribution in [1.29, 1.82) is 0 Å². The van der Waals surface area contributed by atoms with Crippen LogP contribution in [0.1, 0.15) is 0 Å². The molecule has 1 aromatic heterocycles. The van der Waals surface area contributed by atoms with Gasteiger partial charge in [0.2, 0.25) is 0 Å². The van der Waals surface area contributed by atoms with Crippen LogP contribution in [0.5, 0.6) is 0 Å². The number of rotatable bonds is 2. The molecule has 0 amide bonds. The van der Waals surface area contributed by atoms with Crippen LogP contribution in [0.3, 0.4) is 0 Å². The molecule has 3 rings (SSSR count). The number of aromatic nitrogens is 1. The van der Waals surface area contributed by atoms with E-state index in [9.17, 15) is 0 Å². The van der Waals surface area contributed by atoms with Gasteiger partial charge in [-0.3, -0.25) is 0 Å². The summed E-state index contributed by atoms with van der Waals surface area (Å²) in [6.07, 6.45) is 0. The number of anilines is 2. The molecule has 2 nitrogen and oxygen atoms in total. The summed E-state index contributed by atoms with van der Waals surface area (Å²) in [4.78, 5) is 4.47. The van der Waals surface area contributed by atoms with Gasteiger partial charge in [-0.15, -0.1) is 0 Å². The van der Waals surface area contributed by atoms with Crippen LogP contribution in [0.4, 0.5) is 10.8 Å². The second kappa shape index (κ2) is 5.17. The molecule has 2 aromatic carbocycles. The fraction of sp³-hybridized carbons (Fsp3) is 0. The fourth-order valence-electron chi connectivity index (χ4n) is 1.66. The van der Waals surface area contributed by atoms with E-state index in [0.717, 1.165) is 21.0 Å². The number of nitrogens with zero attached hydrogens (tertiary/aromatic N) is 1. The van der Waals surface area contributed by atoms with Crippen molar-refractivity contribution >= 4 is 67.2 Å². The SMILES string of the molecule is Clc1ccc(Nc2nc3ccc(Cl)cc3s2)c(Cl)c1. The van der Waals surface area contributed by atoms with E-state index in [1.165, 1.54) is 11.3 Å². The third kappa shape index (κ3) is 2.79. The second-order valence-corrected chi connectivity index (χ2v) is 6.19. The number of hydrogen-bond acceptors (Lipinski definition) is 3. The van der Waals surface area contributed by atoms with Gasteiger partial charge < -0.3 is 5.32 Å². The Hall–Kier alpha value is -1.000. The molecular formula is C13H7Cl3N2S. The summed E-state index contributed by atoms with van der Waals surface area (Å²) < 4.78 is 1.03. The first-order chi connectivity index (χ1) is 9.11. The van der Waals surface area contributed by atoms with Gasteiger partial charge in [0.25, 0.3) is 0 Å². The molecule has 19 heavy (non-hydrogen) atoms. The van der Waals surface area contributed by atoms with Crippen LogP contribution in [0.25, 0.3) is 10.2 Å². The van der Waals surface area contributed by atoms with Crippen LogP contribution in [0, 0.1) is 0 Å². The Balaban J connectivity index is 1.96. The monoisotopic (exact) mass is 328 g/mol. The maximum absolute atomic E-state index is 6.11. The highest BCUT2D eigenvalue weighted by Crippen LogP contribution is 2.33. The Bertz CT molecular complexity index is 755. The van der Waals surface area contributed by atoms with Crippen molar-refractivity contribution < 1.29 is 0 Å². The van der Waals surface area contributed by atoms with Gasteiger partial charge >= 0.3 is 0 Å². The van der Waals surface area contributed by atoms with Gasteiger partial charge in [-0.05, 0) is 36.4 Å². The predicted molar refractivity (Wildman–Crippen MR) is 84.4 cm³/mol. The number of halogens is 3. The third-order valence-corrected chi connectivity index (χ3v) is 4.24. The minimum absolute atomic E-state index is 0.560. The van der Waals surface area contributed by atoms with Gasteiger partial charge in [0.1, 0.15) is 0 Å². The number of nitrogens with one attached hydrogen (secondary N) is 1. The van der Waals surface area contributed by atoms with Crippen LogP contribution in [0.15, 0.2) is 36.4 Å². The average molecular weight is 330 g/mol. The third-order valence-electron chi connectivity index (χ3n) is 2.52. The summed E-state index contributed by atoms with van der Waals surface area (Å²) in [7, 11) is 0. The van der Waals surface area contributed by atoms with Crippen molar-refractivity contribution in [2.45, 2.75) is 0 Å². The maximum atomic E-state index is 6.11. The molecule has 3 aromatic rings. The molecule has 96 valence electrons. The number of fused-ring (bicyclic) bond motifs is 1. The van der Waals surface area contributed by atoms with Crippen molar-refractivity contribution in [2.75, 3.05) is 5.32 Å². The van der Waals surface area contributed by atoms with Gasteiger partial charge in [-0.2, -0.15) is 0 Å². The molecular weight excluding hydrogens is 323 g/mol. The van der Waals surface area contributed by atoms with E-state index >= 15 is 0 Å². The number of hydrogen-bond donors (Lipinski definition) is 1. The summed E-state index contributed by atoms with van der Waals surface area (Å²) in [5.41, 5.74) is 1.68. The molecule has 0 aliphatic rings. The molecule has 1 heterocycles. The minimum atomic E-state index is 0.560. The first kappa shape index (κ1) is 13.0. The largest absolute Gasteiger partial charge is 0.330 e. The van der Waals surface area contributed by atoms with Crippen molar-refractivity contribution in [1.82, 2.24) is 4.98 Å². The standard InChI is InChI=1S/C13H7Cl3N2S/c14-7-1-3-10(9(16)5-7)17-13-18-11-4-2-8(15)6-12(11)19-13/h1-6H,(H,17,18). The fourth-order valence-corrected chi connectivity index (χ4v) is 3.27. The van der Waals surface area contributed by atoms with Crippen molar-refractivity contribution in [3.8, 4) is 0 Å². The van der Waals surface area contributed by atoms with Gasteiger partial charge in [0.05, 0.1) is 20.9 Å². The Kier molecular flexibility index (Phi) is 3.54. The number of benzene rings is 2. The van der Waals surface area contributed by atoms with E-state index < -0.39 is 0 Å². The van der Waals surface area contributed by atoms with Crippen molar-refractivity contribution in [2.24, 2.45) is 0 Å². The minimum Gasteiger partial charge on any atom is -0.330 e. The lowest BCUT2D eigenvalue weighted by atomic mass is 10.3. The van der Waals surface area contributed by atoms with Gasteiger partial charge in [0, 0.05) is 10.0 Å². The summed E-state index contributed by atoms with van der Waals surface area (Å²) in [6.45, 7) is 0. The van der Waals surface area contributed by atoms with E-state index in [1.54, 1.807) is 12.1 Å². The normalized spacial score (nSPS) is 10.9. The lowest BCUT2D eigenvalue weighted by Gasteiger charge is -2.04. The maximum Gasteiger partial charge on any atom is 0.188 e. The molecule has 0 saturated carbocycles. The van der Waals surface area contributed by atoms with Crippen molar-refractivity contribution in [3.05, 3.63) is 51.5 Å². The molecule has 0 radical (unpaired) electrons. The lowest BCUT2D eigenvalue weighted by molar-refractivity contribution is 1.44. The Morgan fingerprint density at radius 3 is 2.47 bits per heavy atom. The van der Waals surface area contributed by atoms with Crippen LogP contribution < -0.4 is 5.32 Å².